The fraction of sp³-hybridized carbons (Fsp3) is 0.426. The number of rotatable bonds is 12. The van der Waals surface area contributed by atoms with E-state index in [1.807, 2.05) is 24.3 Å². The van der Waals surface area contributed by atoms with Crippen molar-refractivity contribution in [2.75, 3.05) is 19.6 Å². The molecule has 15 N–H and O–H groups in total. The van der Waals surface area contributed by atoms with Crippen molar-refractivity contribution in [2.45, 2.75) is 107 Å². The standard InChI is InChI=1S/C47H61N15O9/c1-26(63)56-35-21-39(64)52-16-8-7-14-32(40(48)65)57-41(66)33(19-28-22-54-31-13-6-5-12-30(28)31)58-44(69)37-24-62(38(45(70)61-37)15-9-17-53-47(49)50)46(71)36(18-27-10-3-2-4-11-27)60-42(67)34(59-43(35)68)20-29-23-51-25-55-29/h2-6,10-13,22-23,25,32-38,54H,7-9,14-21,24H2,1H3,(H2,48,65)(H,51,55)(H,52,64)(H,56,63)(H,57,66)(H,58,69)(H,59,68)(H,60,67)(H,61,70)(H4,49,50,53)/t32-,33-,34-,35-,36+,37+,38-/m0/s1. The zero-order chi connectivity index (χ0) is 51.0. The van der Waals surface area contributed by atoms with Crippen LogP contribution >= 0.6 is 0 Å². The van der Waals surface area contributed by atoms with Gasteiger partial charge in [0.25, 0.3) is 0 Å². The second kappa shape index (κ2) is 24.8. The van der Waals surface area contributed by atoms with Gasteiger partial charge in [0.05, 0.1) is 25.0 Å². The van der Waals surface area contributed by atoms with E-state index in [-0.39, 0.29) is 64.0 Å². The molecule has 2 fully saturated rings. The molecule has 2 aliphatic rings. The molecular weight excluding hydrogens is 919 g/mol. The van der Waals surface area contributed by atoms with Gasteiger partial charge in [-0.05, 0) is 49.3 Å². The summed E-state index contributed by atoms with van der Waals surface area (Å²) in [5.74, 6) is -7.28. The number of carbonyl (C=O) groups excluding carboxylic acids is 9. The second-order valence-electron chi connectivity index (χ2n) is 17.5. The number of nitrogens with zero attached hydrogens (tertiary/aromatic N) is 2. The molecule has 24 heteroatoms. The quantitative estimate of drug-likeness (QED) is 0.0398. The molecule has 2 bridgehead atoms. The Labute approximate surface area is 408 Å². The van der Waals surface area contributed by atoms with Crippen LogP contribution in [0.25, 0.3) is 10.9 Å². The van der Waals surface area contributed by atoms with E-state index >= 15 is 4.79 Å². The molecule has 2 aliphatic heterocycles. The SMILES string of the molecule is CC(=O)N[C@H]1CC(=O)NCCCC[C@@H](C(N)=O)NC(=O)[C@H](Cc2c[nH]c3ccccc23)NC(=O)[C@H]2CN(C(=O)[C@@H](Cc3ccccc3)NC(=O)[C@H](Cc3c[nH]cn3)NC1=O)[C@@H](CCCNC(=N)N)C(=O)N2. The highest BCUT2D eigenvalue weighted by molar-refractivity contribution is 6.00. The van der Waals surface area contributed by atoms with Gasteiger partial charge in [0.2, 0.25) is 53.2 Å². The van der Waals surface area contributed by atoms with Crippen LogP contribution in [0, 0.1) is 5.41 Å². The Balaban J connectivity index is 1.39. The van der Waals surface area contributed by atoms with Gasteiger partial charge in [-0.15, -0.1) is 0 Å². The van der Waals surface area contributed by atoms with Crippen molar-refractivity contribution < 1.29 is 43.2 Å². The van der Waals surface area contributed by atoms with E-state index in [4.69, 9.17) is 16.9 Å². The van der Waals surface area contributed by atoms with Crippen LogP contribution < -0.4 is 54.0 Å². The molecule has 0 saturated carbocycles. The number of nitrogens with two attached hydrogens (primary N) is 2. The second-order valence-corrected chi connectivity index (χ2v) is 17.5. The van der Waals surface area contributed by atoms with Crippen LogP contribution in [0.15, 0.2) is 73.3 Å². The summed E-state index contributed by atoms with van der Waals surface area (Å²) >= 11 is 0. The summed E-state index contributed by atoms with van der Waals surface area (Å²) in [7, 11) is 0. The molecule has 0 aliphatic carbocycles. The molecular formula is C47H61N15O9. The van der Waals surface area contributed by atoms with E-state index < -0.39 is 108 Å². The summed E-state index contributed by atoms with van der Waals surface area (Å²) < 4.78 is 0. The molecule has 4 heterocycles. The zero-order valence-electron chi connectivity index (χ0n) is 39.2. The number of nitrogens with one attached hydrogen (secondary N) is 11. The number of carbonyl (C=O) groups is 9. The monoisotopic (exact) mass is 979 g/mol. The van der Waals surface area contributed by atoms with Crippen LogP contribution in [0.5, 0.6) is 0 Å². The van der Waals surface area contributed by atoms with Gasteiger partial charge < -0.3 is 68.9 Å². The Morgan fingerprint density at radius 3 is 2.21 bits per heavy atom. The molecule has 378 valence electrons. The molecule has 71 heavy (non-hydrogen) atoms. The normalized spacial score (nSPS) is 23.4. The van der Waals surface area contributed by atoms with Crippen LogP contribution in [0.3, 0.4) is 0 Å². The van der Waals surface area contributed by atoms with E-state index in [0.717, 1.165) is 17.8 Å². The Morgan fingerprint density at radius 2 is 1.49 bits per heavy atom. The molecule has 0 spiro atoms. The maximum absolute atomic E-state index is 15.2. The molecule has 0 radical (unpaired) electrons. The number of primary amides is 1. The predicted octanol–water partition coefficient (Wildman–Crippen LogP) is -2.50. The fourth-order valence-corrected chi connectivity index (χ4v) is 8.57. The number of fused-ring (bicyclic) bond motifs is 3. The lowest BCUT2D eigenvalue weighted by molar-refractivity contribution is -0.150. The highest BCUT2D eigenvalue weighted by Crippen LogP contribution is 2.21. The maximum atomic E-state index is 15.2. The number of H-pyrrole nitrogens is 2. The summed E-state index contributed by atoms with van der Waals surface area (Å²) in [4.78, 5) is 136. The van der Waals surface area contributed by atoms with Crippen molar-refractivity contribution in [3.63, 3.8) is 0 Å². The molecule has 9 amide bonds. The fourth-order valence-electron chi connectivity index (χ4n) is 8.57. The van der Waals surface area contributed by atoms with Gasteiger partial charge in [-0.25, -0.2) is 4.98 Å². The van der Waals surface area contributed by atoms with E-state index in [1.165, 1.54) is 17.4 Å². The summed E-state index contributed by atoms with van der Waals surface area (Å²) in [5, 5.41) is 29.7. The van der Waals surface area contributed by atoms with Crippen molar-refractivity contribution in [1.29, 1.82) is 5.41 Å². The van der Waals surface area contributed by atoms with Gasteiger partial charge in [-0.2, -0.15) is 0 Å². The minimum absolute atomic E-state index is 0.0221. The molecule has 2 aromatic heterocycles. The topological polar surface area (TPSA) is 373 Å². The number of guanidine groups is 1. The first-order valence-electron chi connectivity index (χ1n) is 23.4. The number of hydrogen-bond acceptors (Lipinski definition) is 11. The average Bonchev–Trinajstić information content (AvgIpc) is 4.01. The first kappa shape index (κ1) is 52.1. The summed E-state index contributed by atoms with van der Waals surface area (Å²) in [6, 6.07) is 6.48. The number of aromatic amines is 2. The van der Waals surface area contributed by atoms with Crippen LogP contribution in [0.4, 0.5) is 0 Å². The van der Waals surface area contributed by atoms with Gasteiger partial charge in [-0.1, -0.05) is 48.5 Å². The first-order valence-corrected chi connectivity index (χ1v) is 23.4. The minimum Gasteiger partial charge on any atom is -0.370 e. The van der Waals surface area contributed by atoms with Gasteiger partial charge >= 0.3 is 0 Å². The Morgan fingerprint density at radius 1 is 0.789 bits per heavy atom. The molecule has 7 atom stereocenters. The molecule has 2 saturated heterocycles. The maximum Gasteiger partial charge on any atom is 0.246 e. The van der Waals surface area contributed by atoms with Crippen LogP contribution in [-0.2, 0) is 62.4 Å². The third kappa shape index (κ3) is 14.8. The number of imidazole rings is 1. The summed E-state index contributed by atoms with van der Waals surface area (Å²) in [6.07, 6.45) is 4.52. The predicted molar refractivity (Wildman–Crippen MR) is 257 cm³/mol. The van der Waals surface area contributed by atoms with Crippen LogP contribution in [0.1, 0.15) is 62.3 Å². The molecule has 24 nitrogen and oxygen atoms in total. The third-order valence-electron chi connectivity index (χ3n) is 12.2. The van der Waals surface area contributed by atoms with Crippen molar-refractivity contribution in [3.8, 4) is 0 Å². The first-order chi connectivity index (χ1) is 34.1. The van der Waals surface area contributed by atoms with Gasteiger partial charge in [0, 0.05) is 62.6 Å². The Bertz CT molecular complexity index is 2570. The van der Waals surface area contributed by atoms with Crippen LogP contribution in [-0.4, -0.2) is 141 Å². The van der Waals surface area contributed by atoms with E-state index in [1.54, 1.807) is 36.5 Å². The molecule has 4 aromatic rings. The lowest BCUT2D eigenvalue weighted by Crippen LogP contribution is -2.68. The number of para-hydroxylation sites is 1. The average molecular weight is 980 g/mol. The number of benzene rings is 2. The van der Waals surface area contributed by atoms with E-state index in [2.05, 4.69) is 57.5 Å². The van der Waals surface area contributed by atoms with Gasteiger partial charge in [0.1, 0.15) is 42.3 Å². The summed E-state index contributed by atoms with van der Waals surface area (Å²) in [5.41, 5.74) is 13.6. The lowest BCUT2D eigenvalue weighted by Gasteiger charge is -2.41. The number of piperazine rings is 1. The number of hydrogen-bond donors (Lipinski definition) is 13. The third-order valence-corrected chi connectivity index (χ3v) is 12.2. The van der Waals surface area contributed by atoms with Crippen LogP contribution in [0.2, 0.25) is 0 Å². The molecule has 0 unspecified atom stereocenters. The molecule has 6 rings (SSSR count). The van der Waals surface area contributed by atoms with Crippen molar-refractivity contribution >= 4 is 70.0 Å². The Kier molecular flexibility index (Phi) is 18.2. The molecule has 2 aromatic carbocycles. The van der Waals surface area contributed by atoms with Crippen molar-refractivity contribution in [3.05, 3.63) is 90.1 Å². The largest absolute Gasteiger partial charge is 0.370 e. The van der Waals surface area contributed by atoms with E-state index in [9.17, 15) is 38.4 Å². The number of aromatic nitrogens is 3. The van der Waals surface area contributed by atoms with Crippen molar-refractivity contribution in [1.82, 2.24) is 62.4 Å². The highest BCUT2D eigenvalue weighted by atomic mass is 16.2. The number of amides is 9. The smallest absolute Gasteiger partial charge is 0.246 e. The zero-order valence-corrected chi connectivity index (χ0v) is 39.2. The van der Waals surface area contributed by atoms with Crippen molar-refractivity contribution in [2.24, 2.45) is 11.5 Å². The van der Waals surface area contributed by atoms with Gasteiger partial charge in [-0.3, -0.25) is 48.6 Å². The Hall–Kier alpha value is -8.31. The lowest BCUT2D eigenvalue weighted by atomic mass is 9.98. The highest BCUT2D eigenvalue weighted by Gasteiger charge is 2.43. The minimum atomic E-state index is -1.45. The van der Waals surface area contributed by atoms with E-state index in [0.29, 0.717) is 23.2 Å². The van der Waals surface area contributed by atoms with Gasteiger partial charge in [0.15, 0.2) is 5.96 Å². The summed E-state index contributed by atoms with van der Waals surface area (Å²) in [6.45, 7) is 0.960.